The van der Waals surface area contributed by atoms with E-state index in [0.29, 0.717) is 16.6 Å². The van der Waals surface area contributed by atoms with Gasteiger partial charge < -0.3 is 14.2 Å². The minimum absolute atomic E-state index is 0.0615. The first-order valence-corrected chi connectivity index (χ1v) is 10.8. The second kappa shape index (κ2) is 7.03. The van der Waals surface area contributed by atoms with E-state index in [1.807, 2.05) is 6.92 Å². The number of aromatic nitrogens is 3. The Morgan fingerprint density at radius 2 is 1.94 bits per heavy atom. The van der Waals surface area contributed by atoms with Crippen LogP contribution in [0, 0.1) is 11.2 Å². The van der Waals surface area contributed by atoms with Gasteiger partial charge in [0.1, 0.15) is 11.4 Å². The largest absolute Gasteiger partial charge is 0.372 e. The molecule has 0 saturated carbocycles. The number of carbonyl (C=O) groups is 3. The van der Waals surface area contributed by atoms with Gasteiger partial charge in [0.15, 0.2) is 11.2 Å². The van der Waals surface area contributed by atoms with Crippen LogP contribution in [0.2, 0.25) is 0 Å². The van der Waals surface area contributed by atoms with Gasteiger partial charge in [0.2, 0.25) is 17.4 Å². The van der Waals surface area contributed by atoms with Crippen molar-refractivity contribution in [2.24, 2.45) is 5.41 Å². The number of amides is 4. The number of hydrogen-bond donors (Lipinski definition) is 2. The molecule has 2 fully saturated rings. The summed E-state index contributed by atoms with van der Waals surface area (Å²) in [5, 5.41) is 8.78. The van der Waals surface area contributed by atoms with Crippen LogP contribution in [0.3, 0.4) is 0 Å². The number of fused-ring (bicyclic) bond motifs is 5. The minimum atomic E-state index is -1.70. The van der Waals surface area contributed by atoms with Gasteiger partial charge in [-0.25, -0.2) is 9.18 Å². The molecule has 4 amide bonds. The van der Waals surface area contributed by atoms with Gasteiger partial charge in [-0.05, 0) is 25.5 Å². The van der Waals surface area contributed by atoms with Crippen LogP contribution >= 0.6 is 0 Å². The third kappa shape index (κ3) is 2.65. The Balaban J connectivity index is 1.61. The summed E-state index contributed by atoms with van der Waals surface area (Å²) in [4.78, 5) is 48.3. The van der Waals surface area contributed by atoms with E-state index in [1.165, 1.54) is 18.6 Å². The minimum Gasteiger partial charge on any atom is -0.372 e. The van der Waals surface area contributed by atoms with E-state index in [-0.39, 0.29) is 36.0 Å². The average molecular weight is 466 g/mol. The number of carbonyl (C=O) groups excluding carboxylic acids is 3. The third-order valence-electron chi connectivity index (χ3n) is 6.77. The highest BCUT2D eigenvalue weighted by Gasteiger charge is 2.63. The first-order valence-electron chi connectivity index (χ1n) is 10.8. The van der Waals surface area contributed by atoms with Crippen LogP contribution < -0.4 is 15.5 Å². The number of nitrogens with one attached hydrogen (secondary N) is 2. The van der Waals surface area contributed by atoms with E-state index in [9.17, 15) is 14.4 Å². The number of morpholine rings is 1. The van der Waals surface area contributed by atoms with E-state index in [4.69, 9.17) is 9.26 Å². The molecule has 12 heteroatoms. The number of ether oxygens (including phenoxy) is 1. The van der Waals surface area contributed by atoms with E-state index in [1.54, 1.807) is 17.9 Å². The molecule has 0 unspecified atom stereocenters. The fraction of sp³-hybridized carbons (Fsp3) is 0.364. The molecule has 2 aromatic heterocycles. The van der Waals surface area contributed by atoms with Gasteiger partial charge in [-0.3, -0.25) is 30.2 Å². The molecule has 6 rings (SSSR count). The van der Waals surface area contributed by atoms with E-state index in [0.717, 1.165) is 0 Å². The summed E-state index contributed by atoms with van der Waals surface area (Å²) in [6.07, 6.45) is 3.40. The van der Waals surface area contributed by atoms with Crippen molar-refractivity contribution in [1.82, 2.24) is 25.8 Å². The standard InChI is InChI=1S/C22H19FN6O5/c1-9-8-29-16-11(5-12-15(13-7-24-3-4-25-13)28-34-17(12)14(16)23)6-22(18(29)10(2)33-9)19(30)26-21(32)27-20(22)31/h3-5,7,9-10,18H,6,8H2,1-2H3,(H2,26,27,30,31,32)/t9-,10+,18-/m0/s1. The van der Waals surface area contributed by atoms with Crippen molar-refractivity contribution < 1.29 is 28.0 Å². The molecule has 3 atom stereocenters. The fourth-order valence-electron chi connectivity index (χ4n) is 5.55. The highest BCUT2D eigenvalue weighted by atomic mass is 19.1. The third-order valence-corrected chi connectivity index (χ3v) is 6.77. The van der Waals surface area contributed by atoms with Crippen LogP contribution in [0.1, 0.15) is 19.4 Å². The highest BCUT2D eigenvalue weighted by molar-refractivity contribution is 6.20. The number of nitrogens with zero attached hydrogens (tertiary/aromatic N) is 4. The van der Waals surface area contributed by atoms with Crippen molar-refractivity contribution in [1.29, 1.82) is 0 Å². The van der Waals surface area contributed by atoms with Crippen LogP contribution in [0.25, 0.3) is 22.4 Å². The first-order chi connectivity index (χ1) is 16.3. The van der Waals surface area contributed by atoms with Crippen molar-refractivity contribution in [3.63, 3.8) is 0 Å². The molecular weight excluding hydrogens is 447 g/mol. The molecule has 34 heavy (non-hydrogen) atoms. The van der Waals surface area contributed by atoms with Crippen LogP contribution in [0.4, 0.5) is 14.9 Å². The van der Waals surface area contributed by atoms with Crippen LogP contribution in [-0.2, 0) is 20.7 Å². The number of benzene rings is 1. The molecule has 3 aliphatic heterocycles. The van der Waals surface area contributed by atoms with Gasteiger partial charge in [-0.15, -0.1) is 0 Å². The Bertz CT molecular complexity index is 1360. The Morgan fingerprint density at radius 1 is 1.18 bits per heavy atom. The molecule has 3 aromatic rings. The number of hydrogen-bond acceptors (Lipinski definition) is 9. The summed E-state index contributed by atoms with van der Waals surface area (Å²) in [6.45, 7) is 3.79. The molecule has 0 radical (unpaired) electrons. The lowest BCUT2D eigenvalue weighted by Crippen LogP contribution is -2.75. The molecular formula is C22H19FN6O5. The summed E-state index contributed by atoms with van der Waals surface area (Å²) in [6, 6.07) is -0.0754. The second-order valence-corrected chi connectivity index (χ2v) is 8.83. The second-order valence-electron chi connectivity index (χ2n) is 8.83. The number of rotatable bonds is 1. The summed E-state index contributed by atoms with van der Waals surface area (Å²) in [7, 11) is 0. The zero-order chi connectivity index (χ0) is 23.8. The Hall–Kier alpha value is -3.93. The molecule has 3 aliphatic rings. The number of halogens is 1. The summed E-state index contributed by atoms with van der Waals surface area (Å²) < 4.78 is 27.3. The average Bonchev–Trinajstić information content (AvgIpc) is 3.21. The SMILES string of the molecule is C[C@H]1CN2c3c(cc4c(-c5cnccn5)noc4c3F)CC3(C(=O)NC(=O)NC3=O)[C@@H]2[C@@H](C)O1. The number of barbiturate groups is 1. The molecule has 2 saturated heterocycles. The Labute approximate surface area is 191 Å². The van der Waals surface area contributed by atoms with E-state index in [2.05, 4.69) is 25.8 Å². The summed E-state index contributed by atoms with van der Waals surface area (Å²) in [5.41, 5.74) is -0.452. The monoisotopic (exact) mass is 466 g/mol. The number of anilines is 1. The van der Waals surface area contributed by atoms with Gasteiger partial charge in [-0.2, -0.15) is 0 Å². The number of urea groups is 1. The predicted octanol–water partition coefficient (Wildman–Crippen LogP) is 1.31. The smallest absolute Gasteiger partial charge is 0.328 e. The lowest BCUT2D eigenvalue weighted by atomic mass is 9.66. The molecule has 11 nitrogen and oxygen atoms in total. The maximum absolute atomic E-state index is 16.0. The van der Waals surface area contributed by atoms with Gasteiger partial charge >= 0.3 is 6.03 Å². The van der Waals surface area contributed by atoms with E-state index < -0.39 is 41.2 Å². The number of imide groups is 2. The lowest BCUT2D eigenvalue weighted by molar-refractivity contribution is -0.153. The van der Waals surface area contributed by atoms with E-state index >= 15 is 4.39 Å². The predicted molar refractivity (Wildman–Crippen MR) is 114 cm³/mol. The normalized spacial score (nSPS) is 25.7. The van der Waals surface area contributed by atoms with Crippen molar-refractivity contribution in [3.05, 3.63) is 36.0 Å². The molecule has 1 aromatic carbocycles. The quantitative estimate of drug-likeness (QED) is 0.508. The van der Waals surface area contributed by atoms with Crippen molar-refractivity contribution >= 4 is 34.5 Å². The van der Waals surface area contributed by atoms with Crippen molar-refractivity contribution in [2.75, 3.05) is 11.4 Å². The molecule has 2 N–H and O–H groups in total. The molecule has 174 valence electrons. The van der Waals surface area contributed by atoms with Crippen LogP contribution in [-0.4, -0.2) is 57.8 Å². The molecule has 5 heterocycles. The zero-order valence-corrected chi connectivity index (χ0v) is 18.2. The summed E-state index contributed by atoms with van der Waals surface area (Å²) in [5.74, 6) is -2.14. The van der Waals surface area contributed by atoms with Crippen LogP contribution in [0.15, 0.2) is 29.2 Å². The maximum Gasteiger partial charge on any atom is 0.328 e. The first kappa shape index (κ1) is 20.7. The van der Waals surface area contributed by atoms with Gasteiger partial charge in [0.25, 0.3) is 0 Å². The highest BCUT2D eigenvalue weighted by Crippen LogP contribution is 2.49. The molecule has 1 spiro atoms. The van der Waals surface area contributed by atoms with Crippen molar-refractivity contribution in [3.8, 4) is 11.4 Å². The van der Waals surface area contributed by atoms with Gasteiger partial charge in [0, 0.05) is 25.4 Å². The van der Waals surface area contributed by atoms with Crippen LogP contribution in [0.5, 0.6) is 0 Å². The van der Waals surface area contributed by atoms with Gasteiger partial charge in [0.05, 0.1) is 35.5 Å². The van der Waals surface area contributed by atoms with Gasteiger partial charge in [-0.1, -0.05) is 5.16 Å². The Morgan fingerprint density at radius 3 is 2.65 bits per heavy atom. The topological polar surface area (TPSA) is 140 Å². The zero-order valence-electron chi connectivity index (χ0n) is 18.2. The molecule has 0 bridgehead atoms. The molecule has 0 aliphatic carbocycles. The Kier molecular flexibility index (Phi) is 4.27. The summed E-state index contributed by atoms with van der Waals surface area (Å²) >= 11 is 0. The lowest BCUT2D eigenvalue weighted by Gasteiger charge is -2.55. The fourth-order valence-corrected chi connectivity index (χ4v) is 5.55. The maximum atomic E-state index is 16.0. The van der Waals surface area contributed by atoms with Crippen molar-refractivity contribution in [2.45, 2.75) is 38.5 Å².